The standard InChI is InChI=1S/C27H32N4O4S2/c1-15-16(2)24(17(3)20-9-10-27(4,5)35-23(15)20)37(33,34)31-25(29)19-8-6-7-18(13-19)14-21(28)22(32)26-30-11-12-36-26/h6-8,11-13,21H,9-10,14,28H2,1-5H3,(H2,29,31). The molecule has 4 N–H and O–H groups in total. The van der Waals surface area contributed by atoms with Gasteiger partial charge < -0.3 is 16.2 Å². The van der Waals surface area contributed by atoms with Crippen molar-refractivity contribution in [3.05, 3.63) is 74.2 Å². The summed E-state index contributed by atoms with van der Waals surface area (Å²) in [7, 11) is -4.11. The van der Waals surface area contributed by atoms with Crippen molar-refractivity contribution < 1.29 is 17.9 Å². The molecule has 0 saturated carbocycles. The third-order valence-corrected chi connectivity index (χ3v) is 9.15. The molecular formula is C27H32N4O4S2. The highest BCUT2D eigenvalue weighted by Gasteiger charge is 2.33. The molecule has 0 fully saturated rings. The zero-order valence-corrected chi connectivity index (χ0v) is 23.3. The van der Waals surface area contributed by atoms with Crippen molar-refractivity contribution in [3.63, 3.8) is 0 Å². The van der Waals surface area contributed by atoms with E-state index in [-0.39, 0.29) is 28.5 Å². The van der Waals surface area contributed by atoms with Crippen LogP contribution in [0.15, 0.2) is 45.1 Å². The van der Waals surface area contributed by atoms with E-state index in [2.05, 4.69) is 9.38 Å². The minimum atomic E-state index is -4.11. The summed E-state index contributed by atoms with van der Waals surface area (Å²) in [4.78, 5) is 16.7. The van der Waals surface area contributed by atoms with Gasteiger partial charge in [0.2, 0.25) is 5.78 Å². The molecule has 0 spiro atoms. The number of carbonyl (C=O) groups excluding carboxylic acids is 1. The van der Waals surface area contributed by atoms with E-state index in [0.717, 1.165) is 35.3 Å². The monoisotopic (exact) mass is 540 g/mol. The Kier molecular flexibility index (Phi) is 7.29. The van der Waals surface area contributed by atoms with Crippen molar-refractivity contribution in [2.24, 2.45) is 15.9 Å². The van der Waals surface area contributed by atoms with Gasteiger partial charge in [0, 0.05) is 17.1 Å². The van der Waals surface area contributed by atoms with Gasteiger partial charge in [-0.1, -0.05) is 18.2 Å². The van der Waals surface area contributed by atoms with E-state index in [1.54, 1.807) is 43.6 Å². The molecule has 8 nitrogen and oxygen atoms in total. The van der Waals surface area contributed by atoms with Crippen molar-refractivity contribution in [2.75, 3.05) is 0 Å². The normalized spacial score (nSPS) is 16.1. The van der Waals surface area contributed by atoms with E-state index in [9.17, 15) is 13.2 Å². The van der Waals surface area contributed by atoms with Crippen LogP contribution >= 0.6 is 11.3 Å². The van der Waals surface area contributed by atoms with Crippen LogP contribution in [0.5, 0.6) is 5.75 Å². The number of carbonyl (C=O) groups is 1. The fraction of sp³-hybridized carbons (Fsp3) is 0.370. The van der Waals surface area contributed by atoms with Crippen molar-refractivity contribution >= 4 is 33.0 Å². The van der Waals surface area contributed by atoms with Gasteiger partial charge in [0.15, 0.2) is 5.01 Å². The predicted molar refractivity (Wildman–Crippen MR) is 146 cm³/mol. The summed E-state index contributed by atoms with van der Waals surface area (Å²) in [6, 6.07) is 6.15. The second-order valence-corrected chi connectivity index (χ2v) is 12.5. The van der Waals surface area contributed by atoms with Crippen LogP contribution in [0.2, 0.25) is 0 Å². The van der Waals surface area contributed by atoms with Crippen molar-refractivity contribution in [3.8, 4) is 5.75 Å². The van der Waals surface area contributed by atoms with Crippen molar-refractivity contribution in [2.45, 2.75) is 70.4 Å². The Labute approximate surface area is 221 Å². The highest BCUT2D eigenvalue weighted by molar-refractivity contribution is 7.90. The molecule has 1 unspecified atom stereocenters. The first-order valence-corrected chi connectivity index (χ1v) is 14.3. The van der Waals surface area contributed by atoms with E-state index < -0.39 is 16.1 Å². The third-order valence-electron chi connectivity index (χ3n) is 6.80. The fourth-order valence-electron chi connectivity index (χ4n) is 4.67. The first kappa shape index (κ1) is 27.0. The van der Waals surface area contributed by atoms with Gasteiger partial charge in [0.05, 0.1) is 10.9 Å². The van der Waals surface area contributed by atoms with Gasteiger partial charge in [-0.2, -0.15) is 8.42 Å². The molecule has 1 aliphatic heterocycles. The van der Waals surface area contributed by atoms with Gasteiger partial charge in [0.25, 0.3) is 10.0 Å². The lowest BCUT2D eigenvalue weighted by Crippen LogP contribution is -2.34. The smallest absolute Gasteiger partial charge is 0.284 e. The second-order valence-electron chi connectivity index (χ2n) is 10.0. The number of thiazole rings is 1. The number of nitrogens with two attached hydrogens (primary N) is 2. The molecule has 3 aromatic rings. The maximum Gasteiger partial charge on any atom is 0.284 e. The van der Waals surface area contributed by atoms with E-state index >= 15 is 0 Å². The van der Waals surface area contributed by atoms with Crippen molar-refractivity contribution in [1.29, 1.82) is 0 Å². The molecule has 0 aliphatic carbocycles. The second kappa shape index (κ2) is 10.00. The molecule has 196 valence electrons. The van der Waals surface area contributed by atoms with Gasteiger partial charge in [-0.15, -0.1) is 15.7 Å². The topological polar surface area (TPSA) is 138 Å². The molecule has 1 atom stereocenters. The Morgan fingerprint density at radius 2 is 1.95 bits per heavy atom. The number of sulfonamides is 1. The van der Waals surface area contributed by atoms with Crippen LogP contribution in [0.3, 0.4) is 0 Å². The van der Waals surface area contributed by atoms with E-state index in [4.69, 9.17) is 16.2 Å². The number of nitrogens with zero attached hydrogens (tertiary/aromatic N) is 2. The molecule has 37 heavy (non-hydrogen) atoms. The average Bonchev–Trinajstić information content (AvgIpc) is 3.36. The molecule has 2 heterocycles. The van der Waals surface area contributed by atoms with Crippen LogP contribution in [0.1, 0.15) is 63.5 Å². The van der Waals surface area contributed by atoms with Crippen LogP contribution in [-0.2, 0) is 22.9 Å². The molecule has 0 bridgehead atoms. The summed E-state index contributed by atoms with van der Waals surface area (Å²) >= 11 is 1.24. The number of hydrogen-bond acceptors (Lipinski definition) is 7. The largest absolute Gasteiger partial charge is 0.487 e. The minimum absolute atomic E-state index is 0.131. The van der Waals surface area contributed by atoms with E-state index in [1.165, 1.54) is 11.3 Å². The maximum absolute atomic E-state index is 13.5. The number of Topliss-reactive ketones (excluding diaryl/α,β-unsaturated/α-hetero) is 1. The molecular weight excluding hydrogens is 508 g/mol. The Balaban J connectivity index is 1.65. The maximum atomic E-state index is 13.5. The third kappa shape index (κ3) is 5.46. The summed E-state index contributed by atoms with van der Waals surface area (Å²) in [5.74, 6) is 0.387. The van der Waals surface area contributed by atoms with Gasteiger partial charge in [0.1, 0.15) is 17.2 Å². The molecule has 0 saturated heterocycles. The van der Waals surface area contributed by atoms with Gasteiger partial charge in [-0.25, -0.2) is 4.98 Å². The fourth-order valence-corrected chi connectivity index (χ4v) is 6.82. The summed E-state index contributed by atoms with van der Waals surface area (Å²) in [5.41, 5.74) is 16.1. The quantitative estimate of drug-likeness (QED) is 0.262. The summed E-state index contributed by atoms with van der Waals surface area (Å²) in [5, 5.41) is 2.08. The molecule has 0 radical (unpaired) electrons. The predicted octanol–water partition coefficient (Wildman–Crippen LogP) is 4.02. The number of ether oxygens (including phenoxy) is 1. The zero-order chi connectivity index (χ0) is 27.1. The molecule has 2 aromatic carbocycles. The van der Waals surface area contributed by atoms with Gasteiger partial charge in [-0.05, 0) is 87.8 Å². The first-order valence-electron chi connectivity index (χ1n) is 12.0. The van der Waals surface area contributed by atoms with E-state index in [1.807, 2.05) is 26.8 Å². The molecule has 1 aromatic heterocycles. The molecule has 10 heteroatoms. The number of amidine groups is 1. The number of hydrogen-bond donors (Lipinski definition) is 2. The lowest BCUT2D eigenvalue weighted by molar-refractivity contribution is 0.0831. The summed E-state index contributed by atoms with van der Waals surface area (Å²) in [6.07, 6.45) is 3.32. The van der Waals surface area contributed by atoms with E-state index in [0.29, 0.717) is 21.7 Å². The number of benzene rings is 2. The lowest BCUT2D eigenvalue weighted by Gasteiger charge is -2.35. The van der Waals surface area contributed by atoms with Crippen LogP contribution in [0.4, 0.5) is 0 Å². The number of rotatable bonds is 7. The lowest BCUT2D eigenvalue weighted by atomic mass is 9.88. The highest BCUT2D eigenvalue weighted by Crippen LogP contribution is 2.42. The van der Waals surface area contributed by atoms with Crippen molar-refractivity contribution in [1.82, 2.24) is 4.98 Å². The van der Waals surface area contributed by atoms with Crippen LogP contribution in [0, 0.1) is 20.8 Å². The Bertz CT molecular complexity index is 1490. The number of aromatic nitrogens is 1. The Hall–Kier alpha value is -3.08. The number of ketones is 1. The van der Waals surface area contributed by atoms with Gasteiger partial charge in [-0.3, -0.25) is 4.79 Å². The summed E-state index contributed by atoms with van der Waals surface area (Å²) < 4.78 is 37.3. The SMILES string of the molecule is Cc1c(C)c(S(=O)(=O)N=C(N)c2cccc(CC(N)C(=O)c3nccs3)c2)c(C)c2c1OC(C)(C)CC2. The zero-order valence-electron chi connectivity index (χ0n) is 21.7. The highest BCUT2D eigenvalue weighted by atomic mass is 32.2. The van der Waals surface area contributed by atoms with Crippen LogP contribution < -0.4 is 16.2 Å². The summed E-state index contributed by atoms with van der Waals surface area (Å²) in [6.45, 7) is 9.51. The molecule has 0 amide bonds. The minimum Gasteiger partial charge on any atom is -0.487 e. The Morgan fingerprint density at radius 3 is 2.62 bits per heavy atom. The Morgan fingerprint density at radius 1 is 1.22 bits per heavy atom. The van der Waals surface area contributed by atoms with Gasteiger partial charge >= 0.3 is 0 Å². The number of fused-ring (bicyclic) bond motifs is 1. The average molecular weight is 541 g/mol. The first-order chi connectivity index (χ1) is 17.3. The van der Waals surface area contributed by atoms with Crippen LogP contribution in [-0.4, -0.2) is 36.7 Å². The van der Waals surface area contributed by atoms with Crippen LogP contribution in [0.25, 0.3) is 0 Å². The molecule has 1 aliphatic rings. The molecule has 4 rings (SSSR count).